The molecule has 0 spiro atoms. The zero-order valence-electron chi connectivity index (χ0n) is 10.4. The Morgan fingerprint density at radius 2 is 1.95 bits per heavy atom. The third kappa shape index (κ3) is 1.61. The average molecular weight is 275 g/mol. The molecule has 0 N–H and O–H groups in total. The van der Waals surface area contributed by atoms with Gasteiger partial charge in [0.15, 0.2) is 0 Å². The van der Waals surface area contributed by atoms with Crippen LogP contribution >= 0.6 is 11.3 Å². The number of nitrogens with zero attached hydrogens (tertiary/aromatic N) is 3. The molecule has 3 nitrogen and oxygen atoms in total. The van der Waals surface area contributed by atoms with Crippen LogP contribution in [0.3, 0.4) is 0 Å². The lowest BCUT2D eigenvalue weighted by Gasteiger charge is -1.98. The van der Waals surface area contributed by atoms with Crippen molar-refractivity contribution in [2.45, 2.75) is 0 Å². The number of rotatable bonds is 1. The van der Waals surface area contributed by atoms with Crippen LogP contribution in [0.2, 0.25) is 0 Å². The molecule has 4 rings (SSSR count). The summed E-state index contributed by atoms with van der Waals surface area (Å²) in [6, 6.07) is 18.2. The molecule has 94 valence electrons. The summed E-state index contributed by atoms with van der Waals surface area (Å²) in [6.45, 7) is 0. The third-order valence-corrected chi connectivity index (χ3v) is 4.41. The van der Waals surface area contributed by atoms with Crippen LogP contribution in [-0.4, -0.2) is 9.78 Å². The van der Waals surface area contributed by atoms with E-state index in [4.69, 9.17) is 5.26 Å². The van der Waals surface area contributed by atoms with Crippen molar-refractivity contribution in [2.24, 2.45) is 0 Å². The first-order valence-electron chi connectivity index (χ1n) is 6.22. The summed E-state index contributed by atoms with van der Waals surface area (Å²) in [5.74, 6) is 0. The molecule has 20 heavy (non-hydrogen) atoms. The van der Waals surface area contributed by atoms with E-state index in [9.17, 15) is 0 Å². The van der Waals surface area contributed by atoms with Crippen molar-refractivity contribution in [1.29, 1.82) is 5.26 Å². The first-order valence-corrected chi connectivity index (χ1v) is 7.04. The normalized spacial score (nSPS) is 10.9. The fraction of sp³-hybridized carbons (Fsp3) is 0. The second-order valence-electron chi connectivity index (χ2n) is 4.56. The van der Waals surface area contributed by atoms with Gasteiger partial charge in [0.05, 0.1) is 23.3 Å². The van der Waals surface area contributed by atoms with E-state index in [2.05, 4.69) is 29.4 Å². The number of fused-ring (bicyclic) bond motifs is 2. The number of hydrogen-bond donors (Lipinski definition) is 0. The van der Waals surface area contributed by atoms with Gasteiger partial charge in [0, 0.05) is 10.1 Å². The smallest absolute Gasteiger partial charge is 0.119 e. The van der Waals surface area contributed by atoms with Crippen LogP contribution in [0.4, 0.5) is 0 Å². The van der Waals surface area contributed by atoms with E-state index in [0.29, 0.717) is 5.56 Å². The van der Waals surface area contributed by atoms with Gasteiger partial charge in [0.25, 0.3) is 0 Å². The molecule has 0 aliphatic carbocycles. The zero-order valence-corrected chi connectivity index (χ0v) is 11.3. The van der Waals surface area contributed by atoms with Gasteiger partial charge in [-0.3, -0.25) is 0 Å². The number of thiophene rings is 1. The lowest BCUT2D eigenvalue weighted by Crippen LogP contribution is -1.91. The van der Waals surface area contributed by atoms with Crippen LogP contribution in [0.25, 0.3) is 26.0 Å². The minimum Gasteiger partial charge on any atom is -0.223 e. The summed E-state index contributed by atoms with van der Waals surface area (Å²) >= 11 is 1.72. The zero-order chi connectivity index (χ0) is 13.5. The fourth-order valence-electron chi connectivity index (χ4n) is 2.35. The molecule has 0 saturated carbocycles. The van der Waals surface area contributed by atoms with Crippen LogP contribution in [0.5, 0.6) is 0 Å². The number of hydrogen-bond acceptors (Lipinski definition) is 3. The number of aromatic nitrogens is 2. The van der Waals surface area contributed by atoms with Crippen molar-refractivity contribution < 1.29 is 0 Å². The first kappa shape index (κ1) is 11.2. The van der Waals surface area contributed by atoms with E-state index in [1.807, 2.05) is 35.0 Å². The molecule has 0 radical (unpaired) electrons. The topological polar surface area (TPSA) is 41.6 Å². The average Bonchev–Trinajstić information content (AvgIpc) is 3.09. The molecule has 2 aromatic heterocycles. The van der Waals surface area contributed by atoms with E-state index >= 15 is 0 Å². The van der Waals surface area contributed by atoms with Crippen molar-refractivity contribution >= 4 is 32.3 Å². The molecular weight excluding hydrogens is 266 g/mol. The highest BCUT2D eigenvalue weighted by Crippen LogP contribution is 2.30. The molecule has 0 aliphatic rings. The van der Waals surface area contributed by atoms with E-state index < -0.39 is 0 Å². The minimum absolute atomic E-state index is 0.661. The van der Waals surface area contributed by atoms with Crippen molar-refractivity contribution in [2.75, 3.05) is 0 Å². The monoisotopic (exact) mass is 275 g/mol. The molecule has 0 fully saturated rings. The quantitative estimate of drug-likeness (QED) is 0.524. The molecule has 0 amide bonds. The predicted molar refractivity (Wildman–Crippen MR) is 81.2 cm³/mol. The summed E-state index contributed by atoms with van der Waals surface area (Å²) in [6.07, 6.45) is 1.81. The molecule has 4 aromatic rings. The Morgan fingerprint density at radius 3 is 2.80 bits per heavy atom. The van der Waals surface area contributed by atoms with Crippen LogP contribution < -0.4 is 0 Å². The highest BCUT2D eigenvalue weighted by Gasteiger charge is 2.08. The molecular formula is C16H9N3S. The lowest BCUT2D eigenvalue weighted by atomic mass is 10.2. The van der Waals surface area contributed by atoms with Gasteiger partial charge in [0.2, 0.25) is 0 Å². The second kappa shape index (κ2) is 4.19. The molecule has 2 aromatic carbocycles. The van der Waals surface area contributed by atoms with Crippen LogP contribution in [0.15, 0.2) is 54.7 Å². The Labute approximate surface area is 119 Å². The summed E-state index contributed by atoms with van der Waals surface area (Å²) < 4.78 is 3.18. The van der Waals surface area contributed by atoms with E-state index in [0.717, 1.165) is 15.9 Å². The Hall–Kier alpha value is -2.64. The Balaban J connectivity index is 1.95. The Morgan fingerprint density at radius 1 is 1.05 bits per heavy atom. The van der Waals surface area contributed by atoms with Gasteiger partial charge in [0.1, 0.15) is 5.00 Å². The standard InChI is InChI=1S/C16H9N3S/c17-9-11-5-6-14-13(7-11)10-18-19(14)16-8-12-3-1-2-4-15(12)20-16/h1-8,10H. The van der Waals surface area contributed by atoms with Crippen LogP contribution in [-0.2, 0) is 0 Å². The molecule has 2 heterocycles. The van der Waals surface area contributed by atoms with Gasteiger partial charge in [-0.1, -0.05) is 18.2 Å². The summed E-state index contributed by atoms with van der Waals surface area (Å²) in [5.41, 5.74) is 1.68. The van der Waals surface area contributed by atoms with Gasteiger partial charge in [-0.25, -0.2) is 4.68 Å². The molecule has 0 atom stereocenters. The van der Waals surface area contributed by atoms with Gasteiger partial charge >= 0.3 is 0 Å². The van der Waals surface area contributed by atoms with Gasteiger partial charge in [-0.2, -0.15) is 10.4 Å². The van der Waals surface area contributed by atoms with Gasteiger partial charge in [-0.15, -0.1) is 11.3 Å². The van der Waals surface area contributed by atoms with Crippen molar-refractivity contribution in [3.05, 3.63) is 60.3 Å². The highest BCUT2D eigenvalue weighted by molar-refractivity contribution is 7.21. The maximum Gasteiger partial charge on any atom is 0.119 e. The van der Waals surface area contributed by atoms with Gasteiger partial charge in [-0.05, 0) is 35.7 Å². The highest BCUT2D eigenvalue weighted by atomic mass is 32.1. The minimum atomic E-state index is 0.661. The Kier molecular flexibility index (Phi) is 2.35. The maximum absolute atomic E-state index is 8.94. The number of benzene rings is 2. The largest absolute Gasteiger partial charge is 0.223 e. The summed E-state index contributed by atoms with van der Waals surface area (Å²) in [5, 5.41) is 16.7. The predicted octanol–water partition coefficient (Wildman–Crippen LogP) is 4.11. The number of nitriles is 1. The fourth-order valence-corrected chi connectivity index (χ4v) is 3.38. The van der Waals surface area contributed by atoms with E-state index in [1.165, 1.54) is 10.1 Å². The van der Waals surface area contributed by atoms with Crippen molar-refractivity contribution in [1.82, 2.24) is 9.78 Å². The molecule has 4 heteroatoms. The van der Waals surface area contributed by atoms with Crippen LogP contribution in [0, 0.1) is 11.3 Å². The molecule has 0 bridgehead atoms. The van der Waals surface area contributed by atoms with Gasteiger partial charge < -0.3 is 0 Å². The molecule has 0 unspecified atom stereocenters. The molecule has 0 saturated heterocycles. The molecule has 0 aliphatic heterocycles. The summed E-state index contributed by atoms with van der Waals surface area (Å²) in [4.78, 5) is 0. The Bertz CT molecular complexity index is 939. The third-order valence-electron chi connectivity index (χ3n) is 3.32. The summed E-state index contributed by atoms with van der Waals surface area (Å²) in [7, 11) is 0. The van der Waals surface area contributed by atoms with E-state index in [-0.39, 0.29) is 0 Å². The van der Waals surface area contributed by atoms with Crippen molar-refractivity contribution in [3.63, 3.8) is 0 Å². The second-order valence-corrected chi connectivity index (χ2v) is 5.63. The lowest BCUT2D eigenvalue weighted by molar-refractivity contribution is 0.929. The SMILES string of the molecule is N#Cc1ccc2c(cnn2-c2cc3ccccc3s2)c1. The van der Waals surface area contributed by atoms with Crippen LogP contribution in [0.1, 0.15) is 5.56 Å². The first-order chi connectivity index (χ1) is 9.85. The van der Waals surface area contributed by atoms with Crippen molar-refractivity contribution in [3.8, 4) is 11.1 Å². The van der Waals surface area contributed by atoms with E-state index in [1.54, 1.807) is 17.5 Å². The maximum atomic E-state index is 8.94.